The fourth-order valence-corrected chi connectivity index (χ4v) is 12.8. The first-order valence-electron chi connectivity index (χ1n) is 32.1. The SMILES string of the molecule is CC(C)(C)c1cc2c(OCC(=O)N3CCCCC3)c(c1)Cc1cc(C(C)(C)C)cc(c1OCC(=O)N1CCCCC1)Cc1cc(C(C)(C)C)cc(c1OCC(=O)N1CCCCC1)Cc1cc(C(C)(C)C)cc(c1OCC(=O)N1CCCCC1)C2. The molecule has 84 heavy (non-hydrogen) atoms. The van der Waals surface area contributed by atoms with E-state index >= 15 is 0 Å². The number of ether oxygens (including phenoxy) is 4. The summed E-state index contributed by atoms with van der Waals surface area (Å²) in [6, 6.07) is 18.1. The summed E-state index contributed by atoms with van der Waals surface area (Å²) in [7, 11) is 0. The number of rotatable bonds is 12. The Morgan fingerprint density at radius 2 is 0.440 bits per heavy atom. The van der Waals surface area contributed by atoms with Gasteiger partial charge in [0, 0.05) is 78.0 Å². The van der Waals surface area contributed by atoms with Gasteiger partial charge in [0.15, 0.2) is 26.4 Å². The van der Waals surface area contributed by atoms with Crippen molar-refractivity contribution in [2.24, 2.45) is 0 Å². The number of hydrogen-bond acceptors (Lipinski definition) is 8. The van der Waals surface area contributed by atoms with E-state index in [4.69, 9.17) is 18.9 Å². The van der Waals surface area contributed by atoms with Crippen molar-refractivity contribution in [3.63, 3.8) is 0 Å². The maximum absolute atomic E-state index is 14.3. The molecule has 0 unspecified atom stereocenters. The van der Waals surface area contributed by atoms with E-state index in [9.17, 15) is 19.2 Å². The zero-order chi connectivity index (χ0) is 60.1. The molecule has 12 heteroatoms. The van der Waals surface area contributed by atoms with Crippen LogP contribution in [0.25, 0.3) is 0 Å². The minimum absolute atomic E-state index is 0.0328. The molecule has 0 aromatic heterocycles. The summed E-state index contributed by atoms with van der Waals surface area (Å²) in [5.74, 6) is 2.45. The van der Waals surface area contributed by atoms with Crippen LogP contribution in [-0.4, -0.2) is 122 Å². The van der Waals surface area contributed by atoms with Gasteiger partial charge in [-0.15, -0.1) is 0 Å². The lowest BCUT2D eigenvalue weighted by Gasteiger charge is -2.31. The molecule has 456 valence electrons. The first-order chi connectivity index (χ1) is 39.8. The van der Waals surface area contributed by atoms with Crippen molar-refractivity contribution >= 4 is 23.6 Å². The van der Waals surface area contributed by atoms with Crippen molar-refractivity contribution in [3.8, 4) is 23.0 Å². The van der Waals surface area contributed by atoms with Gasteiger partial charge in [0.2, 0.25) is 0 Å². The summed E-state index contributed by atoms with van der Waals surface area (Å²) in [5, 5.41) is 0. The highest BCUT2D eigenvalue weighted by atomic mass is 16.5. The molecule has 5 aliphatic rings. The second-order valence-corrected chi connectivity index (χ2v) is 29.1. The third-order valence-electron chi connectivity index (χ3n) is 18.2. The van der Waals surface area contributed by atoms with E-state index in [1.54, 1.807) is 0 Å². The van der Waals surface area contributed by atoms with Gasteiger partial charge in [0.05, 0.1) is 0 Å². The second kappa shape index (κ2) is 26.3. The lowest BCUT2D eigenvalue weighted by atomic mass is 9.79. The van der Waals surface area contributed by atoms with E-state index in [1.807, 2.05) is 19.6 Å². The maximum atomic E-state index is 14.3. The molecule has 4 amide bonds. The largest absolute Gasteiger partial charge is 0.483 e. The lowest BCUT2D eigenvalue weighted by molar-refractivity contribution is -0.135. The Hall–Kier alpha value is -6.04. The number of fused-ring (bicyclic) bond motifs is 8. The Morgan fingerprint density at radius 1 is 0.286 bits per heavy atom. The van der Waals surface area contributed by atoms with Crippen molar-refractivity contribution in [1.82, 2.24) is 19.6 Å². The molecular weight excluding hydrogens is 1050 g/mol. The van der Waals surface area contributed by atoms with Gasteiger partial charge in [0.1, 0.15) is 23.0 Å². The maximum Gasteiger partial charge on any atom is 0.260 e. The summed E-state index contributed by atoms with van der Waals surface area (Å²) >= 11 is 0. The standard InChI is InChI=1S/C72H100N4O8/c1-69(2,3)57-37-49-33-51-39-58(70(4,5)6)41-53(66(51)82-46-62(78)74-27-19-14-20-28-74)35-55-43-60(72(10,11)12)44-56(68(55)84-48-64(80)76-31-23-16-24-32-76)36-54-42-59(71(7,8)9)40-52(67(54)83-47-63(79)75-29-21-15-22-30-75)34-50(38-57)65(49)81-45-61(77)73-25-17-13-18-26-73/h37-44H,13-36,45-48H2,1-12H3. The van der Waals surface area contributed by atoms with Crippen LogP contribution in [0.5, 0.6) is 23.0 Å². The van der Waals surface area contributed by atoms with Gasteiger partial charge in [-0.2, -0.15) is 0 Å². The average molecular weight is 1150 g/mol. The van der Waals surface area contributed by atoms with Gasteiger partial charge in [0.25, 0.3) is 23.6 Å². The van der Waals surface area contributed by atoms with Gasteiger partial charge in [-0.1, -0.05) is 132 Å². The number of piperidine rings is 4. The van der Waals surface area contributed by atoms with Crippen LogP contribution in [0.3, 0.4) is 0 Å². The molecule has 4 aromatic carbocycles. The molecule has 4 aliphatic heterocycles. The van der Waals surface area contributed by atoms with Crippen LogP contribution < -0.4 is 18.9 Å². The third kappa shape index (κ3) is 15.5. The normalized spacial score (nSPS) is 17.4. The number of carbonyl (C=O) groups is 4. The van der Waals surface area contributed by atoms with E-state index in [0.29, 0.717) is 101 Å². The summed E-state index contributed by atoms with van der Waals surface area (Å²) < 4.78 is 28.5. The van der Waals surface area contributed by atoms with Crippen LogP contribution in [-0.2, 0) is 66.5 Å². The Balaban J connectivity index is 1.33. The van der Waals surface area contributed by atoms with Crippen LogP contribution in [0.4, 0.5) is 0 Å². The minimum Gasteiger partial charge on any atom is -0.483 e. The molecule has 4 aromatic rings. The monoisotopic (exact) mass is 1150 g/mol. The van der Waals surface area contributed by atoms with Crippen LogP contribution in [0.1, 0.15) is 227 Å². The first kappa shape index (κ1) is 62.5. The van der Waals surface area contributed by atoms with Crippen LogP contribution >= 0.6 is 0 Å². The molecule has 1 aliphatic carbocycles. The smallest absolute Gasteiger partial charge is 0.260 e. The van der Waals surface area contributed by atoms with E-state index in [2.05, 4.69) is 132 Å². The number of carbonyl (C=O) groups excluding carboxylic acids is 4. The molecule has 4 heterocycles. The fourth-order valence-electron chi connectivity index (χ4n) is 12.8. The van der Waals surface area contributed by atoms with Crippen LogP contribution in [0.15, 0.2) is 48.5 Å². The highest BCUT2D eigenvalue weighted by Gasteiger charge is 2.32. The quantitative estimate of drug-likeness (QED) is 0.121. The molecule has 12 nitrogen and oxygen atoms in total. The molecule has 8 bridgehead atoms. The molecular formula is C72H100N4O8. The zero-order valence-corrected chi connectivity index (χ0v) is 53.5. The molecule has 0 radical (unpaired) electrons. The fraction of sp³-hybridized carbons (Fsp3) is 0.611. The molecule has 9 rings (SSSR count). The number of likely N-dealkylation sites (tertiary alicyclic amines) is 4. The van der Waals surface area contributed by atoms with Crippen LogP contribution in [0.2, 0.25) is 0 Å². The van der Waals surface area contributed by atoms with Gasteiger partial charge in [-0.3, -0.25) is 19.2 Å². The van der Waals surface area contributed by atoms with E-state index in [0.717, 1.165) is 144 Å². The first-order valence-corrected chi connectivity index (χ1v) is 32.1. The van der Waals surface area contributed by atoms with E-state index in [-0.39, 0.29) is 71.7 Å². The van der Waals surface area contributed by atoms with Gasteiger partial charge in [-0.05, 0) is 165 Å². The van der Waals surface area contributed by atoms with E-state index in [1.165, 1.54) is 0 Å². The lowest BCUT2D eigenvalue weighted by Crippen LogP contribution is -2.39. The Labute approximate surface area is 503 Å². The summed E-state index contributed by atoms with van der Waals surface area (Å²) in [6.07, 6.45) is 13.7. The van der Waals surface area contributed by atoms with Crippen molar-refractivity contribution < 1.29 is 38.1 Å². The summed E-state index contributed by atoms with van der Waals surface area (Å²) in [4.78, 5) is 65.1. The zero-order valence-electron chi connectivity index (χ0n) is 53.5. The van der Waals surface area contributed by atoms with Crippen molar-refractivity contribution in [2.45, 2.75) is 207 Å². The number of nitrogens with zero attached hydrogens (tertiary/aromatic N) is 4. The molecule has 0 spiro atoms. The van der Waals surface area contributed by atoms with Crippen LogP contribution in [0, 0.1) is 0 Å². The topological polar surface area (TPSA) is 118 Å². The molecule has 0 atom stereocenters. The van der Waals surface area contributed by atoms with Crippen molar-refractivity contribution in [3.05, 3.63) is 115 Å². The number of amides is 4. The molecule has 0 N–H and O–H groups in total. The molecule has 0 saturated carbocycles. The van der Waals surface area contributed by atoms with Gasteiger partial charge >= 0.3 is 0 Å². The number of benzene rings is 4. The summed E-state index contributed by atoms with van der Waals surface area (Å²) in [5.41, 5.74) is 10.5. The average Bonchev–Trinajstić information content (AvgIpc) is 1.39. The van der Waals surface area contributed by atoms with E-state index < -0.39 is 0 Å². The predicted octanol–water partition coefficient (Wildman–Crippen LogP) is 13.1. The molecule has 4 saturated heterocycles. The Bertz CT molecular complexity index is 2520. The Morgan fingerprint density at radius 3 is 0.583 bits per heavy atom. The third-order valence-corrected chi connectivity index (χ3v) is 18.2. The highest BCUT2D eigenvalue weighted by Crippen LogP contribution is 2.45. The van der Waals surface area contributed by atoms with Crippen molar-refractivity contribution in [1.29, 1.82) is 0 Å². The molecule has 4 fully saturated rings. The predicted molar refractivity (Wildman–Crippen MR) is 335 cm³/mol. The van der Waals surface area contributed by atoms with Gasteiger partial charge in [-0.25, -0.2) is 0 Å². The Kier molecular flexibility index (Phi) is 19.6. The summed E-state index contributed by atoms with van der Waals surface area (Å²) in [6.45, 7) is 32.0. The second-order valence-electron chi connectivity index (χ2n) is 29.1. The number of hydrogen-bond donors (Lipinski definition) is 0. The van der Waals surface area contributed by atoms with Crippen molar-refractivity contribution in [2.75, 3.05) is 78.8 Å². The highest BCUT2D eigenvalue weighted by molar-refractivity contribution is 5.80. The van der Waals surface area contributed by atoms with Gasteiger partial charge < -0.3 is 38.5 Å². The minimum atomic E-state index is -0.303.